The molecule has 4 rings (SSSR count). The Bertz CT molecular complexity index is 1400. The molecule has 1 fully saturated rings. The SMILES string of the molecule is Cc1cc2oc(=O)cc(COC(=O)c3ccc(F)c(S(=O)(=O)N4CCCCC4)c3)c2cc1Cl. The second kappa shape index (κ2) is 9.24. The average Bonchev–Trinajstić information content (AvgIpc) is 2.79. The van der Waals surface area contributed by atoms with Crippen LogP contribution in [0.4, 0.5) is 4.39 Å². The summed E-state index contributed by atoms with van der Waals surface area (Å²) < 4.78 is 51.9. The fraction of sp³-hybridized carbons (Fsp3) is 0.304. The van der Waals surface area contributed by atoms with Crippen LogP contribution in [-0.4, -0.2) is 31.8 Å². The van der Waals surface area contributed by atoms with Gasteiger partial charge in [-0.15, -0.1) is 0 Å². The highest BCUT2D eigenvalue weighted by atomic mass is 35.5. The number of aryl methyl sites for hydroxylation is 1. The van der Waals surface area contributed by atoms with E-state index in [2.05, 4.69) is 0 Å². The number of carbonyl (C=O) groups is 1. The highest BCUT2D eigenvalue weighted by Gasteiger charge is 2.29. The zero-order valence-corrected chi connectivity index (χ0v) is 19.3. The Morgan fingerprint density at radius 2 is 1.88 bits per heavy atom. The maximum atomic E-state index is 14.4. The number of nitrogens with zero attached hydrogens (tertiary/aromatic N) is 1. The Kier molecular flexibility index (Phi) is 6.56. The number of halogens is 2. The van der Waals surface area contributed by atoms with Crippen molar-refractivity contribution in [1.29, 1.82) is 0 Å². The van der Waals surface area contributed by atoms with Crippen LogP contribution in [0.25, 0.3) is 11.0 Å². The summed E-state index contributed by atoms with van der Waals surface area (Å²) in [6.45, 7) is 2.09. The van der Waals surface area contributed by atoms with E-state index in [9.17, 15) is 22.4 Å². The molecule has 174 valence electrons. The largest absolute Gasteiger partial charge is 0.457 e. The summed E-state index contributed by atoms with van der Waals surface area (Å²) in [5.74, 6) is -1.79. The number of ether oxygens (including phenoxy) is 1. The van der Waals surface area contributed by atoms with Gasteiger partial charge in [-0.2, -0.15) is 4.31 Å². The first-order valence-corrected chi connectivity index (χ1v) is 12.2. The summed E-state index contributed by atoms with van der Waals surface area (Å²) in [5, 5.41) is 0.959. The highest BCUT2D eigenvalue weighted by Crippen LogP contribution is 2.27. The Balaban J connectivity index is 1.60. The quantitative estimate of drug-likeness (QED) is 0.385. The normalized spacial score (nSPS) is 15.0. The van der Waals surface area contributed by atoms with Crippen molar-refractivity contribution < 1.29 is 26.8 Å². The summed E-state index contributed by atoms with van der Waals surface area (Å²) in [7, 11) is -4.08. The van der Waals surface area contributed by atoms with E-state index in [1.54, 1.807) is 19.1 Å². The molecule has 0 bridgehead atoms. The predicted octanol–water partition coefficient (Wildman–Crippen LogP) is 4.43. The first-order valence-electron chi connectivity index (χ1n) is 10.4. The van der Waals surface area contributed by atoms with Crippen LogP contribution in [0.3, 0.4) is 0 Å². The monoisotopic (exact) mass is 493 g/mol. The second-order valence-corrected chi connectivity index (χ2v) is 10.2. The van der Waals surface area contributed by atoms with Gasteiger partial charge in [-0.05, 0) is 55.7 Å². The number of hydrogen-bond donors (Lipinski definition) is 0. The molecule has 0 spiro atoms. The maximum absolute atomic E-state index is 14.4. The van der Waals surface area contributed by atoms with Crippen molar-refractivity contribution in [1.82, 2.24) is 4.31 Å². The lowest BCUT2D eigenvalue weighted by molar-refractivity contribution is 0.0473. The van der Waals surface area contributed by atoms with E-state index < -0.39 is 32.3 Å². The number of rotatable bonds is 5. The molecular formula is C23H21ClFNO6S. The molecule has 3 aromatic rings. The molecule has 0 radical (unpaired) electrons. The minimum Gasteiger partial charge on any atom is -0.457 e. The number of hydrogen-bond acceptors (Lipinski definition) is 6. The minimum absolute atomic E-state index is 0.117. The number of piperidine rings is 1. The Morgan fingerprint density at radius 1 is 1.15 bits per heavy atom. The lowest BCUT2D eigenvalue weighted by Crippen LogP contribution is -2.36. The number of sulfonamides is 1. The van der Waals surface area contributed by atoms with Crippen LogP contribution in [0.15, 0.2) is 50.5 Å². The third-order valence-electron chi connectivity index (χ3n) is 5.57. The van der Waals surface area contributed by atoms with E-state index in [-0.39, 0.29) is 12.2 Å². The van der Waals surface area contributed by atoms with E-state index in [0.717, 1.165) is 30.2 Å². The zero-order valence-electron chi connectivity index (χ0n) is 17.8. The van der Waals surface area contributed by atoms with E-state index >= 15 is 0 Å². The standard InChI is InChI=1S/C23H21ClFNO6S/c1-14-9-20-17(12-18(14)24)16(11-22(27)32-20)13-31-23(28)15-5-6-19(25)21(10-15)33(29,30)26-7-3-2-4-8-26/h5-6,9-12H,2-4,7-8,13H2,1H3. The second-order valence-electron chi connectivity index (χ2n) is 7.87. The van der Waals surface area contributed by atoms with Crippen molar-refractivity contribution in [3.8, 4) is 0 Å². The van der Waals surface area contributed by atoms with Crippen LogP contribution >= 0.6 is 11.6 Å². The van der Waals surface area contributed by atoms with Crippen molar-refractivity contribution in [2.75, 3.05) is 13.1 Å². The summed E-state index contributed by atoms with van der Waals surface area (Å²) in [6.07, 6.45) is 2.31. The molecule has 7 nitrogen and oxygen atoms in total. The Morgan fingerprint density at radius 3 is 2.61 bits per heavy atom. The first kappa shape index (κ1) is 23.4. The smallest absolute Gasteiger partial charge is 0.338 e. The van der Waals surface area contributed by atoms with E-state index in [1.807, 2.05) is 0 Å². The summed E-state index contributed by atoms with van der Waals surface area (Å²) in [6, 6.07) is 7.49. The third kappa shape index (κ3) is 4.80. The van der Waals surface area contributed by atoms with Crippen molar-refractivity contribution in [3.05, 3.63) is 74.3 Å². The number of benzene rings is 2. The lowest BCUT2D eigenvalue weighted by atomic mass is 10.1. The lowest BCUT2D eigenvalue weighted by Gasteiger charge is -2.26. The van der Waals surface area contributed by atoms with Gasteiger partial charge in [0.15, 0.2) is 0 Å². The molecule has 0 saturated carbocycles. The van der Waals surface area contributed by atoms with Gasteiger partial charge in [-0.1, -0.05) is 18.0 Å². The van der Waals surface area contributed by atoms with Crippen molar-refractivity contribution >= 4 is 38.6 Å². The molecule has 0 atom stereocenters. The first-order chi connectivity index (χ1) is 15.7. The predicted molar refractivity (Wildman–Crippen MR) is 120 cm³/mol. The van der Waals surface area contributed by atoms with Gasteiger partial charge >= 0.3 is 11.6 Å². The molecule has 2 aromatic carbocycles. The van der Waals surface area contributed by atoms with Gasteiger partial charge in [0.05, 0.1) is 5.56 Å². The molecule has 10 heteroatoms. The van der Waals surface area contributed by atoms with Crippen LogP contribution in [0.2, 0.25) is 5.02 Å². The topological polar surface area (TPSA) is 93.9 Å². The zero-order chi connectivity index (χ0) is 23.8. The van der Waals surface area contributed by atoms with Gasteiger partial charge in [0, 0.05) is 35.1 Å². The minimum atomic E-state index is -4.08. The van der Waals surface area contributed by atoms with Crippen LogP contribution in [0.1, 0.15) is 40.7 Å². The maximum Gasteiger partial charge on any atom is 0.338 e. The van der Waals surface area contributed by atoms with Crippen LogP contribution in [0.5, 0.6) is 0 Å². The number of carbonyl (C=O) groups excluding carboxylic acids is 1. The van der Waals surface area contributed by atoms with Gasteiger partial charge in [0.2, 0.25) is 10.0 Å². The summed E-state index contributed by atoms with van der Waals surface area (Å²) in [5.41, 5.74) is 0.655. The summed E-state index contributed by atoms with van der Waals surface area (Å²) in [4.78, 5) is 24.0. The van der Waals surface area contributed by atoms with Crippen molar-refractivity contribution in [3.63, 3.8) is 0 Å². The molecule has 0 N–H and O–H groups in total. The molecule has 2 heterocycles. The van der Waals surface area contributed by atoms with Crippen LogP contribution < -0.4 is 5.63 Å². The molecule has 1 saturated heterocycles. The van der Waals surface area contributed by atoms with Gasteiger partial charge in [0.25, 0.3) is 0 Å². The summed E-state index contributed by atoms with van der Waals surface area (Å²) >= 11 is 6.17. The van der Waals surface area contributed by atoms with Gasteiger partial charge in [-0.3, -0.25) is 0 Å². The van der Waals surface area contributed by atoms with E-state index in [4.69, 9.17) is 20.8 Å². The molecule has 1 aromatic heterocycles. The Hall–Kier alpha value is -2.75. The number of fused-ring (bicyclic) bond motifs is 1. The Labute approximate surface area is 194 Å². The molecule has 1 aliphatic rings. The van der Waals surface area contributed by atoms with Gasteiger partial charge in [0.1, 0.15) is 22.9 Å². The van der Waals surface area contributed by atoms with Crippen LogP contribution in [-0.2, 0) is 21.4 Å². The van der Waals surface area contributed by atoms with Gasteiger partial charge < -0.3 is 9.15 Å². The van der Waals surface area contributed by atoms with Crippen molar-refractivity contribution in [2.24, 2.45) is 0 Å². The fourth-order valence-corrected chi connectivity index (χ4v) is 5.54. The molecule has 0 aliphatic carbocycles. The van der Waals surface area contributed by atoms with Crippen LogP contribution in [0, 0.1) is 12.7 Å². The molecule has 0 amide bonds. The van der Waals surface area contributed by atoms with Gasteiger partial charge in [-0.25, -0.2) is 22.4 Å². The van der Waals surface area contributed by atoms with E-state index in [1.165, 1.54) is 10.4 Å². The number of esters is 1. The van der Waals surface area contributed by atoms with E-state index in [0.29, 0.717) is 47.5 Å². The molecule has 0 unspecified atom stereocenters. The molecule has 33 heavy (non-hydrogen) atoms. The average molecular weight is 494 g/mol. The fourth-order valence-electron chi connectivity index (χ4n) is 3.77. The molecular weight excluding hydrogens is 473 g/mol. The van der Waals surface area contributed by atoms with Crippen molar-refractivity contribution in [2.45, 2.75) is 37.7 Å². The highest BCUT2D eigenvalue weighted by molar-refractivity contribution is 7.89. The third-order valence-corrected chi connectivity index (χ3v) is 7.89. The molecule has 1 aliphatic heterocycles.